The van der Waals surface area contributed by atoms with Crippen molar-refractivity contribution in [3.63, 3.8) is 0 Å². The molecule has 20 heavy (non-hydrogen) atoms. The fraction of sp³-hybridized carbons (Fsp3) is 0.500. The first-order valence-electron chi connectivity index (χ1n) is 6.92. The van der Waals surface area contributed by atoms with Crippen molar-refractivity contribution in [1.82, 2.24) is 9.88 Å². The second kappa shape index (κ2) is 6.36. The van der Waals surface area contributed by atoms with Crippen LogP contribution in [0.2, 0.25) is 0 Å². The number of hydrogen-bond donors (Lipinski definition) is 2. The maximum absolute atomic E-state index is 12.4. The van der Waals surface area contributed by atoms with Gasteiger partial charge in [0.25, 0.3) is 5.91 Å². The molecule has 0 radical (unpaired) electrons. The molecular weight excluding hydrogens is 256 g/mol. The standard InChI is InChI=1S/C14H20N4O2/c1-2-3-8-18(11-5-6-11)14(19)12-7-4-10(9-16-12)13(15)17-20/h4,7,9,11,20H,2-3,5-6,8H2,1H3,(H2,15,17). The Bertz CT molecular complexity index is 494. The Balaban J connectivity index is 2.10. The largest absolute Gasteiger partial charge is 0.409 e. The number of unbranched alkanes of at least 4 members (excludes halogenated alkanes) is 1. The van der Waals surface area contributed by atoms with Gasteiger partial charge in [-0.3, -0.25) is 9.78 Å². The first kappa shape index (κ1) is 14.3. The molecule has 0 aromatic carbocycles. The summed E-state index contributed by atoms with van der Waals surface area (Å²) in [7, 11) is 0. The number of pyridine rings is 1. The molecule has 2 rings (SSSR count). The average molecular weight is 276 g/mol. The van der Waals surface area contributed by atoms with Gasteiger partial charge in [0.1, 0.15) is 5.69 Å². The molecule has 0 unspecified atom stereocenters. The molecule has 0 atom stereocenters. The molecule has 6 heteroatoms. The summed E-state index contributed by atoms with van der Waals surface area (Å²) in [5.41, 5.74) is 6.37. The normalized spacial score (nSPS) is 15.2. The van der Waals surface area contributed by atoms with Crippen molar-refractivity contribution >= 4 is 11.7 Å². The highest BCUT2D eigenvalue weighted by molar-refractivity contribution is 5.98. The molecule has 1 aromatic heterocycles. The van der Waals surface area contributed by atoms with E-state index in [1.54, 1.807) is 12.1 Å². The van der Waals surface area contributed by atoms with Crippen molar-refractivity contribution in [3.05, 3.63) is 29.6 Å². The van der Waals surface area contributed by atoms with Gasteiger partial charge in [-0.1, -0.05) is 18.5 Å². The van der Waals surface area contributed by atoms with Crippen molar-refractivity contribution in [3.8, 4) is 0 Å². The summed E-state index contributed by atoms with van der Waals surface area (Å²) in [5.74, 6) is -0.0476. The molecule has 0 bridgehead atoms. The SMILES string of the molecule is CCCCN(C(=O)c1ccc(C(N)=NO)cn1)C1CC1. The number of oxime groups is 1. The third-order valence-corrected chi connectivity index (χ3v) is 3.39. The lowest BCUT2D eigenvalue weighted by Crippen LogP contribution is -2.34. The third-order valence-electron chi connectivity index (χ3n) is 3.39. The Morgan fingerprint density at radius 2 is 2.30 bits per heavy atom. The number of carbonyl (C=O) groups is 1. The third kappa shape index (κ3) is 3.26. The van der Waals surface area contributed by atoms with E-state index in [2.05, 4.69) is 17.1 Å². The Labute approximate surface area is 118 Å². The second-order valence-corrected chi connectivity index (χ2v) is 5.00. The van der Waals surface area contributed by atoms with Crippen LogP contribution in [0.4, 0.5) is 0 Å². The van der Waals surface area contributed by atoms with Crippen molar-refractivity contribution in [2.45, 2.75) is 38.6 Å². The zero-order chi connectivity index (χ0) is 14.5. The number of aromatic nitrogens is 1. The molecule has 1 fully saturated rings. The Kier molecular flexibility index (Phi) is 4.55. The van der Waals surface area contributed by atoms with Crippen LogP contribution in [0.1, 0.15) is 48.7 Å². The van der Waals surface area contributed by atoms with Crippen LogP contribution < -0.4 is 5.73 Å². The van der Waals surface area contributed by atoms with Crippen molar-refractivity contribution < 1.29 is 10.0 Å². The summed E-state index contributed by atoms with van der Waals surface area (Å²) >= 11 is 0. The van der Waals surface area contributed by atoms with Crippen LogP contribution >= 0.6 is 0 Å². The number of hydrogen-bond acceptors (Lipinski definition) is 4. The maximum atomic E-state index is 12.4. The van der Waals surface area contributed by atoms with Crippen molar-refractivity contribution in [2.75, 3.05) is 6.54 Å². The lowest BCUT2D eigenvalue weighted by atomic mass is 10.2. The van der Waals surface area contributed by atoms with Crippen LogP contribution in [-0.4, -0.2) is 39.4 Å². The molecule has 1 heterocycles. The van der Waals surface area contributed by atoms with E-state index in [9.17, 15) is 4.79 Å². The van der Waals surface area contributed by atoms with E-state index in [1.165, 1.54) is 6.20 Å². The van der Waals surface area contributed by atoms with Crippen LogP contribution in [0.3, 0.4) is 0 Å². The average Bonchev–Trinajstić information content (AvgIpc) is 3.31. The summed E-state index contributed by atoms with van der Waals surface area (Å²) in [4.78, 5) is 18.5. The van der Waals surface area contributed by atoms with Crippen molar-refractivity contribution in [2.24, 2.45) is 10.9 Å². The van der Waals surface area contributed by atoms with E-state index in [4.69, 9.17) is 10.9 Å². The van der Waals surface area contributed by atoms with Crippen LogP contribution in [0.25, 0.3) is 0 Å². The Morgan fingerprint density at radius 3 is 2.80 bits per heavy atom. The van der Waals surface area contributed by atoms with Gasteiger partial charge in [-0.2, -0.15) is 0 Å². The zero-order valence-corrected chi connectivity index (χ0v) is 11.6. The minimum atomic E-state index is -0.0352. The van der Waals surface area contributed by atoms with Gasteiger partial charge in [0, 0.05) is 24.3 Å². The molecule has 0 aliphatic heterocycles. The number of amides is 1. The van der Waals surface area contributed by atoms with E-state index in [-0.39, 0.29) is 11.7 Å². The van der Waals surface area contributed by atoms with E-state index < -0.39 is 0 Å². The lowest BCUT2D eigenvalue weighted by molar-refractivity contribution is 0.0735. The molecule has 1 aliphatic carbocycles. The van der Waals surface area contributed by atoms with Gasteiger partial charge in [-0.05, 0) is 31.4 Å². The van der Waals surface area contributed by atoms with Gasteiger partial charge in [-0.15, -0.1) is 0 Å². The summed E-state index contributed by atoms with van der Waals surface area (Å²) in [6.45, 7) is 2.89. The first-order chi connectivity index (χ1) is 9.67. The molecular formula is C14H20N4O2. The van der Waals surface area contributed by atoms with Crippen LogP contribution in [0.15, 0.2) is 23.5 Å². The fourth-order valence-corrected chi connectivity index (χ4v) is 2.04. The second-order valence-electron chi connectivity index (χ2n) is 5.00. The number of carbonyl (C=O) groups excluding carboxylic acids is 1. The fourth-order valence-electron chi connectivity index (χ4n) is 2.04. The van der Waals surface area contributed by atoms with Crippen LogP contribution in [0, 0.1) is 0 Å². The lowest BCUT2D eigenvalue weighted by Gasteiger charge is -2.21. The number of nitrogens with two attached hydrogens (primary N) is 1. The number of rotatable bonds is 6. The minimum absolute atomic E-state index is 0.0125. The smallest absolute Gasteiger partial charge is 0.272 e. The predicted octanol–water partition coefficient (Wildman–Crippen LogP) is 1.58. The molecule has 1 aromatic rings. The van der Waals surface area contributed by atoms with Crippen LogP contribution in [-0.2, 0) is 0 Å². The monoisotopic (exact) mass is 276 g/mol. The zero-order valence-electron chi connectivity index (χ0n) is 11.6. The number of nitrogens with zero attached hydrogens (tertiary/aromatic N) is 3. The number of amidine groups is 1. The molecule has 1 saturated carbocycles. The molecule has 108 valence electrons. The van der Waals surface area contributed by atoms with E-state index in [0.717, 1.165) is 32.2 Å². The van der Waals surface area contributed by atoms with Gasteiger partial charge in [0.05, 0.1) is 0 Å². The Hall–Kier alpha value is -2.11. The van der Waals surface area contributed by atoms with Gasteiger partial charge < -0.3 is 15.8 Å². The highest BCUT2D eigenvalue weighted by atomic mass is 16.4. The Morgan fingerprint density at radius 1 is 1.55 bits per heavy atom. The molecule has 3 N–H and O–H groups in total. The summed E-state index contributed by atoms with van der Waals surface area (Å²) < 4.78 is 0. The van der Waals surface area contributed by atoms with E-state index >= 15 is 0 Å². The van der Waals surface area contributed by atoms with Gasteiger partial charge >= 0.3 is 0 Å². The van der Waals surface area contributed by atoms with Crippen LogP contribution in [0.5, 0.6) is 0 Å². The predicted molar refractivity (Wildman–Crippen MR) is 75.7 cm³/mol. The summed E-state index contributed by atoms with van der Waals surface area (Å²) in [5, 5.41) is 11.5. The summed E-state index contributed by atoms with van der Waals surface area (Å²) in [6.07, 6.45) is 5.68. The van der Waals surface area contributed by atoms with Gasteiger partial charge in [0.15, 0.2) is 5.84 Å². The molecule has 1 amide bonds. The first-order valence-corrected chi connectivity index (χ1v) is 6.92. The quantitative estimate of drug-likeness (QED) is 0.357. The maximum Gasteiger partial charge on any atom is 0.272 e. The van der Waals surface area contributed by atoms with Gasteiger partial charge in [-0.25, -0.2) is 0 Å². The molecule has 1 aliphatic rings. The minimum Gasteiger partial charge on any atom is -0.409 e. The van der Waals surface area contributed by atoms with E-state index in [1.807, 2.05) is 4.90 Å². The summed E-state index contributed by atoms with van der Waals surface area (Å²) in [6, 6.07) is 3.64. The topological polar surface area (TPSA) is 91.8 Å². The molecule has 6 nitrogen and oxygen atoms in total. The van der Waals surface area contributed by atoms with Crippen molar-refractivity contribution in [1.29, 1.82) is 0 Å². The highest BCUT2D eigenvalue weighted by Crippen LogP contribution is 2.28. The molecule has 0 spiro atoms. The van der Waals surface area contributed by atoms with E-state index in [0.29, 0.717) is 17.3 Å². The van der Waals surface area contributed by atoms with Gasteiger partial charge in [0.2, 0.25) is 0 Å². The molecule has 0 saturated heterocycles. The highest BCUT2D eigenvalue weighted by Gasteiger charge is 2.32.